The van der Waals surface area contributed by atoms with E-state index in [1.54, 1.807) is 12.3 Å². The Balaban J connectivity index is 1.60. The van der Waals surface area contributed by atoms with Gasteiger partial charge in [0, 0.05) is 23.4 Å². The molecule has 38 heavy (non-hydrogen) atoms. The lowest BCUT2D eigenvalue weighted by Crippen LogP contribution is -2.25. The van der Waals surface area contributed by atoms with E-state index < -0.39 is 53.3 Å². The monoisotopic (exact) mass is 535 g/mol. The lowest BCUT2D eigenvalue weighted by Gasteiger charge is -2.20. The van der Waals surface area contributed by atoms with Crippen molar-refractivity contribution in [3.8, 4) is 33.9 Å². The number of hydrogen-bond donors (Lipinski definition) is 0. The first-order chi connectivity index (χ1) is 18.1. The molecule has 3 aromatic carbocycles. The molecule has 0 radical (unpaired) electrons. The largest absolute Gasteiger partial charge is 0.460 e. The first-order valence-corrected chi connectivity index (χ1v) is 11.4. The number of rotatable bonds is 9. The first-order valence-electron chi connectivity index (χ1n) is 11.4. The van der Waals surface area contributed by atoms with E-state index in [-0.39, 0.29) is 11.1 Å². The summed E-state index contributed by atoms with van der Waals surface area (Å²) in [5.74, 6) is -6.85. The maximum absolute atomic E-state index is 14.9. The van der Waals surface area contributed by atoms with Gasteiger partial charge in [0.05, 0.1) is 5.69 Å². The fourth-order valence-electron chi connectivity index (χ4n) is 3.87. The van der Waals surface area contributed by atoms with Crippen LogP contribution in [0.3, 0.4) is 0 Å². The molecular weight excluding hydrogens is 515 g/mol. The fourth-order valence-corrected chi connectivity index (χ4v) is 3.87. The summed E-state index contributed by atoms with van der Waals surface area (Å²) in [6, 6.07) is 10.6. The van der Waals surface area contributed by atoms with Gasteiger partial charge in [-0.1, -0.05) is 31.5 Å². The summed E-state index contributed by atoms with van der Waals surface area (Å²) in [6.07, 6.45) is -1.11. The highest BCUT2D eigenvalue weighted by Gasteiger charge is 2.41. The Labute approximate surface area is 213 Å². The van der Waals surface area contributed by atoms with Crippen LogP contribution < -0.4 is 9.47 Å². The van der Waals surface area contributed by atoms with E-state index in [2.05, 4.69) is 14.5 Å². The van der Waals surface area contributed by atoms with E-state index in [1.165, 1.54) is 12.1 Å². The van der Waals surface area contributed by atoms with Gasteiger partial charge < -0.3 is 9.47 Å². The third kappa shape index (κ3) is 5.74. The lowest BCUT2D eigenvalue weighted by molar-refractivity contribution is -0.189. The van der Waals surface area contributed by atoms with E-state index in [0.29, 0.717) is 29.5 Å². The van der Waals surface area contributed by atoms with Gasteiger partial charge in [-0.15, -0.1) is 0 Å². The van der Waals surface area contributed by atoms with Crippen LogP contribution in [-0.2, 0) is 12.5 Å². The molecule has 0 saturated heterocycles. The van der Waals surface area contributed by atoms with Crippen molar-refractivity contribution in [3.63, 3.8) is 0 Å². The number of halogens is 7. The molecule has 0 saturated carbocycles. The summed E-state index contributed by atoms with van der Waals surface area (Å²) < 4.78 is 108. The third-order valence-corrected chi connectivity index (χ3v) is 5.63. The van der Waals surface area contributed by atoms with Crippen LogP contribution in [0.2, 0.25) is 0 Å². The zero-order chi connectivity index (χ0) is 27.4. The fraction of sp³-hybridized carbons (Fsp3) is 0.179. The van der Waals surface area contributed by atoms with Crippen molar-refractivity contribution >= 4 is 0 Å². The van der Waals surface area contributed by atoms with Crippen LogP contribution in [0, 0.1) is 23.3 Å². The van der Waals surface area contributed by atoms with Gasteiger partial charge in [-0.05, 0) is 53.9 Å². The Hall–Kier alpha value is -4.08. The van der Waals surface area contributed by atoms with Crippen LogP contribution >= 0.6 is 0 Å². The average molecular weight is 535 g/mol. The standard InChI is InChI=1S/C28H20F7NO2/c1-2-3-16-4-8-25(36-14-16)17-5-7-20(21(30)10-17)18-11-23(32)27(24(33)12-18)28(34,35)38-19-6-9-26(37-15-29)22(31)13-19/h4-14H,2-3,15H2,1H3. The van der Waals surface area contributed by atoms with Crippen LogP contribution in [0.4, 0.5) is 30.7 Å². The van der Waals surface area contributed by atoms with E-state index in [1.807, 2.05) is 13.0 Å². The molecule has 3 nitrogen and oxygen atoms in total. The third-order valence-electron chi connectivity index (χ3n) is 5.63. The topological polar surface area (TPSA) is 31.4 Å². The summed E-state index contributed by atoms with van der Waals surface area (Å²) in [5.41, 5.74) is -0.376. The smallest absolute Gasteiger partial charge is 0.432 e. The summed E-state index contributed by atoms with van der Waals surface area (Å²) >= 11 is 0. The number of nitrogens with zero attached hydrogens (tertiary/aromatic N) is 1. The Bertz CT molecular complexity index is 1420. The minimum atomic E-state index is -4.57. The minimum absolute atomic E-state index is 0.226. The Morgan fingerprint density at radius 2 is 1.50 bits per heavy atom. The SMILES string of the molecule is CCCc1ccc(-c2ccc(-c3cc(F)c(C(F)(F)Oc4ccc(OCF)c(F)c4)c(F)c3)c(F)c2)nc1. The molecule has 0 bridgehead atoms. The van der Waals surface area contributed by atoms with Crippen LogP contribution in [0.5, 0.6) is 11.5 Å². The molecule has 0 amide bonds. The van der Waals surface area contributed by atoms with Crippen LogP contribution in [0.25, 0.3) is 22.4 Å². The van der Waals surface area contributed by atoms with Gasteiger partial charge in [-0.3, -0.25) is 4.98 Å². The number of aryl methyl sites for hydroxylation is 1. The van der Waals surface area contributed by atoms with E-state index in [4.69, 9.17) is 0 Å². The summed E-state index contributed by atoms with van der Waals surface area (Å²) in [5, 5.41) is 0. The number of pyridine rings is 1. The highest BCUT2D eigenvalue weighted by Crippen LogP contribution is 2.38. The van der Waals surface area contributed by atoms with E-state index in [9.17, 15) is 30.7 Å². The predicted octanol–water partition coefficient (Wildman–Crippen LogP) is 8.36. The molecule has 4 rings (SSSR count). The molecule has 198 valence electrons. The molecule has 0 aliphatic carbocycles. The molecule has 0 unspecified atom stereocenters. The maximum Gasteiger partial charge on any atom is 0.432 e. The number of alkyl halides is 3. The van der Waals surface area contributed by atoms with E-state index >= 15 is 0 Å². The summed E-state index contributed by atoms with van der Waals surface area (Å²) in [6.45, 7) is 0.670. The van der Waals surface area contributed by atoms with Gasteiger partial charge in [0.15, 0.2) is 11.6 Å². The number of benzene rings is 3. The van der Waals surface area contributed by atoms with Gasteiger partial charge in [-0.25, -0.2) is 22.0 Å². The van der Waals surface area contributed by atoms with Crippen molar-refractivity contribution < 1.29 is 40.2 Å². The van der Waals surface area contributed by atoms with Gasteiger partial charge in [0.2, 0.25) is 6.86 Å². The number of hydrogen-bond acceptors (Lipinski definition) is 3. The first kappa shape index (κ1) is 27.0. The van der Waals surface area contributed by atoms with Crippen molar-refractivity contribution in [2.24, 2.45) is 0 Å². The van der Waals surface area contributed by atoms with Crippen molar-refractivity contribution in [3.05, 3.63) is 101 Å². The quantitative estimate of drug-likeness (QED) is 0.202. The second-order valence-corrected chi connectivity index (χ2v) is 8.28. The summed E-state index contributed by atoms with van der Waals surface area (Å²) in [4.78, 5) is 4.30. The highest BCUT2D eigenvalue weighted by molar-refractivity contribution is 5.70. The van der Waals surface area contributed by atoms with Crippen LogP contribution in [-0.4, -0.2) is 11.8 Å². The Morgan fingerprint density at radius 3 is 2.08 bits per heavy atom. The van der Waals surface area contributed by atoms with Crippen molar-refractivity contribution in [2.45, 2.75) is 25.9 Å². The molecule has 0 spiro atoms. The molecule has 4 aromatic rings. The molecule has 0 N–H and O–H groups in total. The minimum Gasteiger partial charge on any atom is -0.460 e. The molecule has 1 aromatic heterocycles. The van der Waals surface area contributed by atoms with Crippen molar-refractivity contribution in [1.29, 1.82) is 0 Å². The van der Waals surface area contributed by atoms with Gasteiger partial charge in [0.1, 0.15) is 28.8 Å². The zero-order valence-electron chi connectivity index (χ0n) is 19.9. The van der Waals surface area contributed by atoms with Crippen LogP contribution in [0.15, 0.2) is 66.9 Å². The zero-order valence-corrected chi connectivity index (χ0v) is 19.9. The normalized spacial score (nSPS) is 11.5. The molecule has 10 heteroatoms. The Kier molecular flexibility index (Phi) is 7.89. The molecule has 1 heterocycles. The molecule has 0 aliphatic rings. The van der Waals surface area contributed by atoms with E-state index in [0.717, 1.165) is 36.6 Å². The van der Waals surface area contributed by atoms with Crippen LogP contribution in [0.1, 0.15) is 24.5 Å². The lowest BCUT2D eigenvalue weighted by atomic mass is 9.99. The second-order valence-electron chi connectivity index (χ2n) is 8.28. The van der Waals surface area contributed by atoms with Gasteiger partial charge >= 0.3 is 6.11 Å². The molecule has 0 aliphatic heterocycles. The van der Waals surface area contributed by atoms with Gasteiger partial charge in [0.25, 0.3) is 0 Å². The van der Waals surface area contributed by atoms with Gasteiger partial charge in [-0.2, -0.15) is 8.78 Å². The highest BCUT2D eigenvalue weighted by atomic mass is 19.3. The average Bonchev–Trinajstić information content (AvgIpc) is 2.85. The second kappa shape index (κ2) is 11.1. The molecular formula is C28H20F7NO2. The predicted molar refractivity (Wildman–Crippen MR) is 127 cm³/mol. The molecule has 0 atom stereocenters. The molecule has 0 fully saturated rings. The Morgan fingerprint density at radius 1 is 0.789 bits per heavy atom. The van der Waals surface area contributed by atoms with Crippen molar-refractivity contribution in [1.82, 2.24) is 4.98 Å². The number of aromatic nitrogens is 1. The number of ether oxygens (including phenoxy) is 2. The summed E-state index contributed by atoms with van der Waals surface area (Å²) in [7, 11) is 0. The van der Waals surface area contributed by atoms with Crippen molar-refractivity contribution in [2.75, 3.05) is 6.86 Å². The maximum atomic E-state index is 14.9.